The number of hydrogen-bond donors (Lipinski definition) is 1. The molecule has 1 atom stereocenters. The van der Waals surface area contributed by atoms with Gasteiger partial charge in [0, 0.05) is 0 Å². The van der Waals surface area contributed by atoms with Crippen molar-refractivity contribution >= 4 is 5.97 Å². The van der Waals surface area contributed by atoms with Crippen LogP contribution in [0.25, 0.3) is 0 Å². The van der Waals surface area contributed by atoms with Crippen molar-refractivity contribution in [3.8, 4) is 0 Å². The summed E-state index contributed by atoms with van der Waals surface area (Å²) in [7, 11) is 2.18. The van der Waals surface area contributed by atoms with E-state index in [0.717, 1.165) is 25.9 Å². The quantitative estimate of drug-likeness (QED) is 0.665. The summed E-state index contributed by atoms with van der Waals surface area (Å²) in [5.74, 6) is 0.229. The lowest BCUT2D eigenvalue weighted by Crippen LogP contribution is -2.43. The van der Waals surface area contributed by atoms with E-state index in [9.17, 15) is 4.79 Å². The van der Waals surface area contributed by atoms with Crippen molar-refractivity contribution in [1.29, 1.82) is 0 Å². The van der Waals surface area contributed by atoms with Gasteiger partial charge < -0.3 is 15.4 Å². The summed E-state index contributed by atoms with van der Waals surface area (Å²) in [4.78, 5) is 13.9. The molecule has 0 aliphatic carbocycles. The van der Waals surface area contributed by atoms with Gasteiger partial charge in [-0.1, -0.05) is 27.7 Å². The Hall–Kier alpha value is -0.610. The Morgan fingerprint density at radius 3 is 2.19 bits per heavy atom. The molecule has 0 spiro atoms. The molecule has 0 radical (unpaired) electrons. The summed E-state index contributed by atoms with van der Waals surface area (Å²) in [6, 6.07) is 0. The van der Waals surface area contributed by atoms with E-state index in [-0.39, 0.29) is 5.97 Å². The van der Waals surface area contributed by atoms with Gasteiger partial charge in [0.25, 0.3) is 0 Å². The second-order valence-electron chi connectivity index (χ2n) is 8.15. The summed E-state index contributed by atoms with van der Waals surface area (Å²) >= 11 is 0. The lowest BCUT2D eigenvalue weighted by Gasteiger charge is -2.24. The van der Waals surface area contributed by atoms with Gasteiger partial charge in [0.05, 0.1) is 6.61 Å². The summed E-state index contributed by atoms with van der Waals surface area (Å²) in [6.07, 6.45) is 3.24. The third-order valence-electron chi connectivity index (χ3n) is 3.62. The molecule has 0 aromatic rings. The molecule has 4 heteroatoms. The predicted octanol–water partition coefficient (Wildman–Crippen LogP) is 3.05. The van der Waals surface area contributed by atoms with Gasteiger partial charge in [0.15, 0.2) is 0 Å². The van der Waals surface area contributed by atoms with Crippen LogP contribution in [0.3, 0.4) is 0 Å². The highest BCUT2D eigenvalue weighted by molar-refractivity contribution is 5.79. The van der Waals surface area contributed by atoms with Crippen LogP contribution < -0.4 is 5.73 Å². The normalized spacial score (nSPS) is 14.3. The molecular weight excluding hydrogens is 264 g/mol. The first-order valence-corrected chi connectivity index (χ1v) is 8.06. The maximum Gasteiger partial charge on any atom is 0.325 e. The number of ether oxygens (including phenoxy) is 1. The summed E-state index contributed by atoms with van der Waals surface area (Å²) in [5.41, 5.74) is 5.18. The van der Waals surface area contributed by atoms with Gasteiger partial charge in [0.1, 0.15) is 5.54 Å². The first-order valence-electron chi connectivity index (χ1n) is 8.06. The molecule has 0 heterocycles. The Balaban J connectivity index is 3.76. The van der Waals surface area contributed by atoms with Gasteiger partial charge in [-0.25, -0.2) is 0 Å². The monoisotopic (exact) mass is 300 g/mol. The second kappa shape index (κ2) is 8.74. The molecule has 1 unspecified atom stereocenters. The number of esters is 1. The van der Waals surface area contributed by atoms with Gasteiger partial charge >= 0.3 is 5.97 Å². The van der Waals surface area contributed by atoms with Gasteiger partial charge in [0.2, 0.25) is 0 Å². The topological polar surface area (TPSA) is 55.6 Å². The van der Waals surface area contributed by atoms with Crippen LogP contribution in [-0.4, -0.2) is 43.2 Å². The smallest absolute Gasteiger partial charge is 0.325 e. The summed E-state index contributed by atoms with van der Waals surface area (Å²) < 4.78 is 5.20. The number of nitrogens with two attached hydrogens (primary N) is 1. The molecule has 0 rings (SSSR count). The zero-order valence-electron chi connectivity index (χ0n) is 15.2. The van der Waals surface area contributed by atoms with Crippen LogP contribution in [0.4, 0.5) is 0 Å². The highest BCUT2D eigenvalue weighted by Gasteiger charge is 2.23. The third-order valence-corrected chi connectivity index (χ3v) is 3.62. The van der Waals surface area contributed by atoms with Crippen molar-refractivity contribution in [2.45, 2.75) is 66.3 Å². The molecule has 0 amide bonds. The first-order chi connectivity index (χ1) is 9.42. The van der Waals surface area contributed by atoms with E-state index in [1.54, 1.807) is 13.8 Å². The molecule has 21 heavy (non-hydrogen) atoms. The molecule has 0 aromatic carbocycles. The SMILES string of the molecule is CC(CCOC(=O)C(C)(C)N)CCN(C)CCC(C)(C)C. The minimum atomic E-state index is -0.892. The summed E-state index contributed by atoms with van der Waals surface area (Å²) in [6.45, 7) is 15.1. The van der Waals surface area contributed by atoms with Crippen molar-refractivity contribution in [3.63, 3.8) is 0 Å². The van der Waals surface area contributed by atoms with E-state index < -0.39 is 5.54 Å². The largest absolute Gasteiger partial charge is 0.464 e. The molecule has 0 bridgehead atoms. The number of nitrogens with zero attached hydrogens (tertiary/aromatic N) is 1. The van der Waals surface area contributed by atoms with Crippen molar-refractivity contribution in [1.82, 2.24) is 4.90 Å². The highest BCUT2D eigenvalue weighted by atomic mass is 16.5. The van der Waals surface area contributed by atoms with Gasteiger partial charge in [-0.15, -0.1) is 0 Å². The number of rotatable bonds is 9. The minimum absolute atomic E-state index is 0.322. The molecule has 0 aliphatic heterocycles. The minimum Gasteiger partial charge on any atom is -0.464 e. The van der Waals surface area contributed by atoms with Crippen LogP contribution in [0.1, 0.15) is 60.8 Å². The van der Waals surface area contributed by atoms with Crippen LogP contribution in [0.2, 0.25) is 0 Å². The van der Waals surface area contributed by atoms with Gasteiger partial charge in [-0.05, 0) is 64.6 Å². The van der Waals surface area contributed by atoms with E-state index in [0.29, 0.717) is 17.9 Å². The van der Waals surface area contributed by atoms with E-state index >= 15 is 0 Å². The number of carbonyl (C=O) groups excluding carboxylic acids is 1. The third kappa shape index (κ3) is 11.7. The standard InChI is InChI=1S/C17H36N2O2/c1-14(9-13-21-15(20)17(5,6)18)8-11-19(7)12-10-16(2,3)4/h14H,8-13,18H2,1-7H3. The average Bonchev–Trinajstić information content (AvgIpc) is 2.31. The maximum atomic E-state index is 11.5. The van der Waals surface area contributed by atoms with Crippen molar-refractivity contribution in [3.05, 3.63) is 0 Å². The Bertz CT molecular complexity index is 303. The van der Waals surface area contributed by atoms with Gasteiger partial charge in [-0.2, -0.15) is 0 Å². The van der Waals surface area contributed by atoms with Crippen LogP contribution in [0.15, 0.2) is 0 Å². The molecule has 0 saturated heterocycles. The first kappa shape index (κ1) is 20.4. The predicted molar refractivity (Wildman–Crippen MR) is 89.2 cm³/mol. The molecule has 0 fully saturated rings. The highest BCUT2D eigenvalue weighted by Crippen LogP contribution is 2.18. The van der Waals surface area contributed by atoms with E-state index in [1.807, 2.05) is 0 Å². The van der Waals surface area contributed by atoms with Crippen LogP contribution >= 0.6 is 0 Å². The van der Waals surface area contributed by atoms with Crippen molar-refractivity contribution in [2.24, 2.45) is 17.1 Å². The van der Waals surface area contributed by atoms with Crippen molar-refractivity contribution in [2.75, 3.05) is 26.7 Å². The fourth-order valence-corrected chi connectivity index (χ4v) is 1.76. The lowest BCUT2D eigenvalue weighted by atomic mass is 9.92. The van der Waals surface area contributed by atoms with E-state index in [1.165, 1.54) is 6.42 Å². The molecule has 126 valence electrons. The fourth-order valence-electron chi connectivity index (χ4n) is 1.76. The number of hydrogen-bond acceptors (Lipinski definition) is 4. The maximum absolute atomic E-state index is 11.5. The Labute approximate surface area is 131 Å². The molecule has 4 nitrogen and oxygen atoms in total. The fraction of sp³-hybridized carbons (Fsp3) is 0.941. The van der Waals surface area contributed by atoms with E-state index in [4.69, 9.17) is 10.5 Å². The van der Waals surface area contributed by atoms with Crippen molar-refractivity contribution < 1.29 is 9.53 Å². The Morgan fingerprint density at radius 1 is 1.14 bits per heavy atom. The zero-order valence-corrected chi connectivity index (χ0v) is 15.2. The van der Waals surface area contributed by atoms with Gasteiger partial charge in [-0.3, -0.25) is 4.79 Å². The lowest BCUT2D eigenvalue weighted by molar-refractivity contribution is -0.149. The second-order valence-corrected chi connectivity index (χ2v) is 8.15. The Morgan fingerprint density at radius 2 is 1.71 bits per heavy atom. The average molecular weight is 300 g/mol. The molecule has 0 saturated carbocycles. The number of carbonyl (C=O) groups is 1. The molecule has 0 aliphatic rings. The molecule has 2 N–H and O–H groups in total. The summed E-state index contributed by atoms with van der Waals surface area (Å²) in [5, 5.41) is 0. The molecule has 0 aromatic heterocycles. The molecular formula is C17H36N2O2. The Kier molecular flexibility index (Phi) is 8.49. The van der Waals surface area contributed by atoms with E-state index in [2.05, 4.69) is 39.6 Å². The zero-order chi connectivity index (χ0) is 16.7. The van der Waals surface area contributed by atoms with Crippen LogP contribution in [0.5, 0.6) is 0 Å². The van der Waals surface area contributed by atoms with Crippen LogP contribution in [0, 0.1) is 11.3 Å². The van der Waals surface area contributed by atoms with Crippen LogP contribution in [-0.2, 0) is 9.53 Å².